The van der Waals surface area contributed by atoms with Crippen molar-refractivity contribution in [1.82, 2.24) is 4.90 Å². The molecule has 14 heavy (non-hydrogen) atoms. The van der Waals surface area contributed by atoms with Crippen LogP contribution < -0.4 is 0 Å². The lowest BCUT2D eigenvalue weighted by Crippen LogP contribution is -2.49. The van der Waals surface area contributed by atoms with E-state index >= 15 is 0 Å². The molecule has 0 amide bonds. The van der Waals surface area contributed by atoms with E-state index in [-0.39, 0.29) is 0 Å². The lowest BCUT2D eigenvalue weighted by atomic mass is 9.78. The summed E-state index contributed by atoms with van der Waals surface area (Å²) in [7, 11) is 0. The highest BCUT2D eigenvalue weighted by molar-refractivity contribution is 5.79. The van der Waals surface area contributed by atoms with Gasteiger partial charge in [-0.2, -0.15) is 0 Å². The van der Waals surface area contributed by atoms with Crippen LogP contribution >= 0.6 is 0 Å². The van der Waals surface area contributed by atoms with Crippen molar-refractivity contribution in [1.29, 1.82) is 5.41 Å². The zero-order chi connectivity index (χ0) is 9.97. The molecule has 1 aliphatic heterocycles. The summed E-state index contributed by atoms with van der Waals surface area (Å²) in [5, 5.41) is 7.98. The van der Waals surface area contributed by atoms with Gasteiger partial charge in [0.2, 0.25) is 0 Å². The third-order valence-electron chi connectivity index (χ3n) is 3.92. The standard InChI is InChI=1S/C12H22N2/c1-2-12(13)14-9-5-7-10-6-3-4-8-11(10)14/h10-11,13H,2-9H2,1H3/t10-,11-/m1/s1. The molecular formula is C12H22N2. The van der Waals surface area contributed by atoms with Gasteiger partial charge in [-0.1, -0.05) is 19.8 Å². The molecule has 1 saturated carbocycles. The maximum Gasteiger partial charge on any atom is 0.0957 e. The number of fused-ring (bicyclic) bond motifs is 1. The number of hydrogen-bond acceptors (Lipinski definition) is 1. The predicted molar refractivity (Wildman–Crippen MR) is 59.7 cm³/mol. The lowest BCUT2D eigenvalue weighted by molar-refractivity contribution is 0.117. The number of hydrogen-bond donors (Lipinski definition) is 1. The zero-order valence-corrected chi connectivity index (χ0v) is 9.26. The molecule has 80 valence electrons. The van der Waals surface area contributed by atoms with Crippen molar-refractivity contribution in [3.63, 3.8) is 0 Å². The Kier molecular flexibility index (Phi) is 3.09. The normalized spacial score (nSPS) is 32.5. The first-order chi connectivity index (χ1) is 6.83. The molecule has 2 nitrogen and oxygen atoms in total. The molecule has 1 heterocycles. The van der Waals surface area contributed by atoms with Gasteiger partial charge in [0.15, 0.2) is 0 Å². The molecule has 2 atom stereocenters. The average molecular weight is 194 g/mol. The minimum atomic E-state index is 0.727. The van der Waals surface area contributed by atoms with Gasteiger partial charge < -0.3 is 4.90 Å². The molecule has 2 heteroatoms. The molecule has 0 aromatic heterocycles. The van der Waals surface area contributed by atoms with Crippen LogP contribution in [-0.2, 0) is 0 Å². The van der Waals surface area contributed by atoms with Gasteiger partial charge in [0.1, 0.15) is 0 Å². The quantitative estimate of drug-likeness (QED) is 0.504. The SMILES string of the molecule is CCC(=N)N1CCC[C@H]2CCCC[C@H]21. The average Bonchev–Trinajstić information content (AvgIpc) is 2.27. The molecule has 0 bridgehead atoms. The fraction of sp³-hybridized carbons (Fsp3) is 0.917. The van der Waals surface area contributed by atoms with Gasteiger partial charge in [-0.05, 0) is 31.6 Å². The van der Waals surface area contributed by atoms with E-state index in [1.807, 2.05) is 0 Å². The molecule has 1 saturated heterocycles. The first-order valence-electron chi connectivity index (χ1n) is 6.17. The summed E-state index contributed by atoms with van der Waals surface area (Å²) in [5.41, 5.74) is 0. The van der Waals surface area contributed by atoms with Gasteiger partial charge in [0, 0.05) is 19.0 Å². The Morgan fingerprint density at radius 3 is 2.71 bits per heavy atom. The fourth-order valence-corrected chi connectivity index (χ4v) is 3.16. The van der Waals surface area contributed by atoms with Gasteiger partial charge >= 0.3 is 0 Å². The Bertz CT molecular complexity index is 210. The van der Waals surface area contributed by atoms with Crippen molar-refractivity contribution < 1.29 is 0 Å². The highest BCUT2D eigenvalue weighted by atomic mass is 15.2. The van der Waals surface area contributed by atoms with Crippen molar-refractivity contribution in [3.8, 4) is 0 Å². The van der Waals surface area contributed by atoms with Crippen LogP contribution in [0.15, 0.2) is 0 Å². The molecule has 0 unspecified atom stereocenters. The number of likely N-dealkylation sites (tertiary alicyclic amines) is 1. The van der Waals surface area contributed by atoms with Crippen molar-refractivity contribution in [2.45, 2.75) is 57.9 Å². The second-order valence-corrected chi connectivity index (χ2v) is 4.75. The van der Waals surface area contributed by atoms with Crippen LogP contribution in [0, 0.1) is 11.3 Å². The summed E-state index contributed by atoms with van der Waals surface area (Å²) in [4.78, 5) is 2.40. The van der Waals surface area contributed by atoms with Crippen LogP contribution in [-0.4, -0.2) is 23.3 Å². The van der Waals surface area contributed by atoms with Crippen LogP contribution in [0.5, 0.6) is 0 Å². The largest absolute Gasteiger partial charge is 0.357 e. The Labute approximate surface area is 87.2 Å². The number of amidine groups is 1. The molecule has 2 fully saturated rings. The molecule has 0 radical (unpaired) electrons. The Morgan fingerprint density at radius 2 is 1.93 bits per heavy atom. The first kappa shape index (κ1) is 10.0. The van der Waals surface area contributed by atoms with E-state index in [2.05, 4.69) is 11.8 Å². The molecule has 1 N–H and O–H groups in total. The van der Waals surface area contributed by atoms with Crippen LogP contribution in [0.25, 0.3) is 0 Å². The number of rotatable bonds is 1. The van der Waals surface area contributed by atoms with Crippen molar-refractivity contribution in [2.24, 2.45) is 5.92 Å². The van der Waals surface area contributed by atoms with E-state index in [1.54, 1.807) is 0 Å². The third kappa shape index (κ3) is 1.79. The van der Waals surface area contributed by atoms with Gasteiger partial charge in [-0.15, -0.1) is 0 Å². The van der Waals surface area contributed by atoms with Crippen LogP contribution in [0.4, 0.5) is 0 Å². The molecule has 1 aliphatic carbocycles. The summed E-state index contributed by atoms with van der Waals surface area (Å²) in [6.45, 7) is 3.25. The Morgan fingerprint density at radius 1 is 1.21 bits per heavy atom. The van der Waals surface area contributed by atoms with Gasteiger partial charge in [-0.25, -0.2) is 0 Å². The third-order valence-corrected chi connectivity index (χ3v) is 3.92. The van der Waals surface area contributed by atoms with Crippen molar-refractivity contribution in [2.75, 3.05) is 6.54 Å². The zero-order valence-electron chi connectivity index (χ0n) is 9.26. The Hall–Kier alpha value is -0.530. The van der Waals surface area contributed by atoms with E-state index in [0.717, 1.165) is 30.8 Å². The second-order valence-electron chi connectivity index (χ2n) is 4.75. The van der Waals surface area contributed by atoms with Crippen molar-refractivity contribution >= 4 is 5.84 Å². The van der Waals surface area contributed by atoms with E-state index in [1.165, 1.54) is 38.5 Å². The summed E-state index contributed by atoms with van der Waals surface area (Å²) in [6.07, 6.45) is 9.19. The smallest absolute Gasteiger partial charge is 0.0957 e. The van der Waals surface area contributed by atoms with Gasteiger partial charge in [0.25, 0.3) is 0 Å². The highest BCUT2D eigenvalue weighted by Crippen LogP contribution is 2.35. The maximum atomic E-state index is 7.98. The summed E-state index contributed by atoms with van der Waals surface area (Å²) >= 11 is 0. The molecule has 0 aromatic rings. The highest BCUT2D eigenvalue weighted by Gasteiger charge is 2.33. The summed E-state index contributed by atoms with van der Waals surface area (Å²) in [6, 6.07) is 0.727. The topological polar surface area (TPSA) is 27.1 Å². The number of nitrogens with zero attached hydrogens (tertiary/aromatic N) is 1. The van der Waals surface area contributed by atoms with E-state index in [4.69, 9.17) is 5.41 Å². The predicted octanol–water partition coefficient (Wildman–Crippen LogP) is 3.03. The van der Waals surface area contributed by atoms with Gasteiger partial charge in [-0.3, -0.25) is 5.41 Å². The van der Waals surface area contributed by atoms with Crippen molar-refractivity contribution in [3.05, 3.63) is 0 Å². The lowest BCUT2D eigenvalue weighted by Gasteiger charge is -2.45. The Balaban J connectivity index is 2.04. The summed E-state index contributed by atoms with van der Waals surface area (Å²) in [5.74, 6) is 1.78. The van der Waals surface area contributed by atoms with E-state index in [0.29, 0.717) is 0 Å². The van der Waals surface area contributed by atoms with Crippen LogP contribution in [0.3, 0.4) is 0 Å². The van der Waals surface area contributed by atoms with E-state index in [9.17, 15) is 0 Å². The first-order valence-corrected chi connectivity index (χ1v) is 6.17. The molecule has 2 rings (SSSR count). The fourth-order valence-electron chi connectivity index (χ4n) is 3.16. The minimum Gasteiger partial charge on any atom is -0.357 e. The monoisotopic (exact) mass is 194 g/mol. The molecular weight excluding hydrogens is 172 g/mol. The van der Waals surface area contributed by atoms with Gasteiger partial charge in [0.05, 0.1) is 5.84 Å². The molecule has 0 aromatic carbocycles. The molecule has 2 aliphatic rings. The van der Waals surface area contributed by atoms with E-state index < -0.39 is 0 Å². The summed E-state index contributed by atoms with van der Waals surface area (Å²) < 4.78 is 0. The van der Waals surface area contributed by atoms with Crippen LogP contribution in [0.1, 0.15) is 51.9 Å². The minimum absolute atomic E-state index is 0.727. The molecule has 0 spiro atoms. The second kappa shape index (κ2) is 4.33. The number of piperidine rings is 1. The number of nitrogens with one attached hydrogen (secondary N) is 1. The van der Waals surface area contributed by atoms with Crippen LogP contribution in [0.2, 0.25) is 0 Å². The maximum absolute atomic E-state index is 7.98.